The topological polar surface area (TPSA) is 82.7 Å². The zero-order valence-electron chi connectivity index (χ0n) is 14.7. The normalized spacial score (nSPS) is 16.4. The Morgan fingerprint density at radius 2 is 2.16 bits per heavy atom. The summed E-state index contributed by atoms with van der Waals surface area (Å²) in [5, 5.41) is 13.0. The fraction of sp³-hybridized carbons (Fsp3) is 0.500. The SMILES string of the molecule is Cc1cccc(-c2noc(CN3CCC(N(C)CC(=O)O)CC3)n2)c1. The predicted octanol–water partition coefficient (Wildman–Crippen LogP) is 2.03. The molecule has 0 radical (unpaired) electrons. The molecule has 0 aliphatic carbocycles. The molecule has 1 fully saturated rings. The molecule has 0 saturated carbocycles. The summed E-state index contributed by atoms with van der Waals surface area (Å²) in [6.07, 6.45) is 1.89. The standard InChI is InChI=1S/C18H24N4O3/c1-13-4-3-5-14(10-13)18-19-16(25-20-18)11-22-8-6-15(7-9-22)21(2)12-17(23)24/h3-5,10,15H,6-9,11-12H2,1-2H3,(H,23,24). The Morgan fingerprint density at radius 1 is 1.40 bits per heavy atom. The Hall–Kier alpha value is -2.25. The second-order valence-electron chi connectivity index (χ2n) is 6.70. The van der Waals surface area contributed by atoms with E-state index in [4.69, 9.17) is 9.63 Å². The molecule has 3 rings (SSSR count). The van der Waals surface area contributed by atoms with E-state index >= 15 is 0 Å². The van der Waals surface area contributed by atoms with Gasteiger partial charge in [-0.2, -0.15) is 4.98 Å². The zero-order chi connectivity index (χ0) is 17.8. The highest BCUT2D eigenvalue weighted by atomic mass is 16.5. The van der Waals surface area contributed by atoms with E-state index in [-0.39, 0.29) is 6.54 Å². The number of hydrogen-bond acceptors (Lipinski definition) is 6. The van der Waals surface area contributed by atoms with Crippen molar-refractivity contribution in [1.29, 1.82) is 0 Å². The van der Waals surface area contributed by atoms with Crippen LogP contribution in [0.1, 0.15) is 24.3 Å². The molecule has 1 aromatic heterocycles. The highest BCUT2D eigenvalue weighted by Crippen LogP contribution is 2.20. The van der Waals surface area contributed by atoms with E-state index in [0.717, 1.165) is 37.1 Å². The molecule has 0 spiro atoms. The van der Waals surface area contributed by atoms with Crippen LogP contribution in [-0.2, 0) is 11.3 Å². The zero-order valence-corrected chi connectivity index (χ0v) is 14.7. The number of benzene rings is 1. The molecule has 7 nitrogen and oxygen atoms in total. The number of aliphatic carboxylic acids is 1. The summed E-state index contributed by atoms with van der Waals surface area (Å²) < 4.78 is 5.40. The van der Waals surface area contributed by atoms with E-state index in [9.17, 15) is 4.79 Å². The third-order valence-corrected chi connectivity index (χ3v) is 4.67. The van der Waals surface area contributed by atoms with Crippen LogP contribution in [0.2, 0.25) is 0 Å². The van der Waals surface area contributed by atoms with Gasteiger partial charge in [-0.25, -0.2) is 0 Å². The Morgan fingerprint density at radius 3 is 2.84 bits per heavy atom. The Labute approximate surface area is 147 Å². The monoisotopic (exact) mass is 344 g/mol. The molecule has 0 unspecified atom stereocenters. The second-order valence-corrected chi connectivity index (χ2v) is 6.70. The van der Waals surface area contributed by atoms with Crippen molar-refractivity contribution in [1.82, 2.24) is 19.9 Å². The molecular formula is C18H24N4O3. The van der Waals surface area contributed by atoms with Crippen LogP contribution in [0.5, 0.6) is 0 Å². The van der Waals surface area contributed by atoms with Crippen LogP contribution in [0.25, 0.3) is 11.4 Å². The smallest absolute Gasteiger partial charge is 0.317 e. The summed E-state index contributed by atoms with van der Waals surface area (Å²) in [4.78, 5) is 19.5. The highest BCUT2D eigenvalue weighted by Gasteiger charge is 2.24. The molecule has 7 heteroatoms. The molecule has 0 atom stereocenters. The number of carbonyl (C=O) groups is 1. The summed E-state index contributed by atoms with van der Waals surface area (Å²) in [5.74, 6) is 0.461. The molecule has 1 aromatic carbocycles. The molecule has 1 saturated heterocycles. The van der Waals surface area contributed by atoms with Crippen LogP contribution in [0, 0.1) is 6.92 Å². The first-order valence-corrected chi connectivity index (χ1v) is 8.55. The van der Waals surface area contributed by atoms with Gasteiger partial charge in [-0.15, -0.1) is 0 Å². The molecule has 0 bridgehead atoms. The van der Waals surface area contributed by atoms with Crippen LogP contribution in [0.3, 0.4) is 0 Å². The number of hydrogen-bond donors (Lipinski definition) is 1. The van der Waals surface area contributed by atoms with E-state index in [2.05, 4.69) is 15.0 Å². The van der Waals surface area contributed by atoms with Gasteiger partial charge in [0.1, 0.15) is 0 Å². The quantitative estimate of drug-likeness (QED) is 0.858. The molecule has 1 aliphatic rings. The second kappa shape index (κ2) is 7.76. The number of carboxylic acids is 1. The highest BCUT2D eigenvalue weighted by molar-refractivity contribution is 5.69. The maximum atomic E-state index is 10.8. The third-order valence-electron chi connectivity index (χ3n) is 4.67. The molecule has 1 N–H and O–H groups in total. The van der Waals surface area contributed by atoms with E-state index < -0.39 is 5.97 Å². The maximum Gasteiger partial charge on any atom is 0.317 e. The largest absolute Gasteiger partial charge is 0.480 e. The molecule has 2 aromatic rings. The van der Waals surface area contributed by atoms with Gasteiger partial charge in [0.2, 0.25) is 11.7 Å². The summed E-state index contributed by atoms with van der Waals surface area (Å²) in [5.41, 5.74) is 2.13. The number of likely N-dealkylation sites (tertiary alicyclic amines) is 1. The lowest BCUT2D eigenvalue weighted by molar-refractivity contribution is -0.138. The molecule has 2 heterocycles. The molecular weight excluding hydrogens is 320 g/mol. The van der Waals surface area contributed by atoms with Crippen molar-refractivity contribution in [3.8, 4) is 11.4 Å². The summed E-state index contributed by atoms with van der Waals surface area (Å²) >= 11 is 0. The number of carboxylic acid groups (broad SMARTS) is 1. The van der Waals surface area contributed by atoms with Gasteiger partial charge in [-0.05, 0) is 32.9 Å². The fourth-order valence-corrected chi connectivity index (χ4v) is 3.27. The molecule has 25 heavy (non-hydrogen) atoms. The minimum atomic E-state index is -0.778. The first kappa shape index (κ1) is 17.6. The van der Waals surface area contributed by atoms with Crippen molar-refractivity contribution in [2.24, 2.45) is 0 Å². The van der Waals surface area contributed by atoms with E-state index in [1.54, 1.807) is 0 Å². The number of rotatable bonds is 6. The summed E-state index contributed by atoms with van der Waals surface area (Å²) in [6.45, 7) is 4.56. The van der Waals surface area contributed by atoms with Crippen LogP contribution in [-0.4, -0.2) is 63.7 Å². The number of piperidine rings is 1. The van der Waals surface area contributed by atoms with Crippen molar-refractivity contribution in [2.75, 3.05) is 26.7 Å². The molecule has 1 aliphatic heterocycles. The van der Waals surface area contributed by atoms with E-state index in [1.165, 1.54) is 0 Å². The van der Waals surface area contributed by atoms with Crippen molar-refractivity contribution in [2.45, 2.75) is 32.4 Å². The van der Waals surface area contributed by atoms with Gasteiger partial charge < -0.3 is 9.63 Å². The van der Waals surface area contributed by atoms with Crippen LogP contribution in [0.4, 0.5) is 0 Å². The van der Waals surface area contributed by atoms with Crippen molar-refractivity contribution >= 4 is 5.97 Å². The Bertz CT molecular complexity index is 723. The first-order valence-electron chi connectivity index (χ1n) is 8.55. The average molecular weight is 344 g/mol. The van der Waals surface area contributed by atoms with Gasteiger partial charge in [0.15, 0.2) is 0 Å². The number of likely N-dealkylation sites (N-methyl/N-ethyl adjacent to an activating group) is 1. The Balaban J connectivity index is 1.54. The molecule has 0 amide bonds. The average Bonchev–Trinajstić information content (AvgIpc) is 3.03. The lowest BCUT2D eigenvalue weighted by Crippen LogP contribution is -2.44. The van der Waals surface area contributed by atoms with E-state index in [1.807, 2.05) is 43.1 Å². The number of aromatic nitrogens is 2. The van der Waals surface area contributed by atoms with Gasteiger partial charge in [0, 0.05) is 24.7 Å². The van der Waals surface area contributed by atoms with Gasteiger partial charge in [0.05, 0.1) is 13.1 Å². The van der Waals surface area contributed by atoms with Gasteiger partial charge in [-0.3, -0.25) is 14.6 Å². The van der Waals surface area contributed by atoms with Gasteiger partial charge in [-0.1, -0.05) is 28.9 Å². The predicted molar refractivity (Wildman–Crippen MR) is 93.0 cm³/mol. The number of nitrogens with zero attached hydrogens (tertiary/aromatic N) is 4. The minimum Gasteiger partial charge on any atom is -0.480 e. The van der Waals surface area contributed by atoms with Crippen molar-refractivity contribution in [3.05, 3.63) is 35.7 Å². The van der Waals surface area contributed by atoms with Crippen molar-refractivity contribution < 1.29 is 14.4 Å². The minimum absolute atomic E-state index is 0.0914. The maximum absolute atomic E-state index is 10.8. The van der Waals surface area contributed by atoms with Crippen LogP contribution < -0.4 is 0 Å². The van der Waals surface area contributed by atoms with Gasteiger partial charge in [0.25, 0.3) is 0 Å². The summed E-state index contributed by atoms with van der Waals surface area (Å²) in [6, 6.07) is 8.36. The lowest BCUT2D eigenvalue weighted by atomic mass is 10.0. The van der Waals surface area contributed by atoms with Crippen LogP contribution in [0.15, 0.2) is 28.8 Å². The summed E-state index contributed by atoms with van der Waals surface area (Å²) in [7, 11) is 1.88. The Kier molecular flexibility index (Phi) is 5.45. The van der Waals surface area contributed by atoms with Crippen LogP contribution >= 0.6 is 0 Å². The fourth-order valence-electron chi connectivity index (χ4n) is 3.27. The van der Waals surface area contributed by atoms with E-state index in [0.29, 0.717) is 24.3 Å². The molecule has 134 valence electrons. The lowest BCUT2D eigenvalue weighted by Gasteiger charge is -2.35. The van der Waals surface area contributed by atoms with Crippen molar-refractivity contribution in [3.63, 3.8) is 0 Å². The number of aryl methyl sites for hydroxylation is 1. The third kappa shape index (κ3) is 4.64. The first-order chi connectivity index (χ1) is 12.0. The van der Waals surface area contributed by atoms with Gasteiger partial charge >= 0.3 is 5.97 Å².